The third kappa shape index (κ3) is 3.87. The number of hydrogen-bond donors (Lipinski definition) is 1. The zero-order chi connectivity index (χ0) is 13.9. The predicted molar refractivity (Wildman–Crippen MR) is 64.0 cm³/mol. The smallest absolute Gasteiger partial charge is 0.411 e. The summed E-state index contributed by atoms with van der Waals surface area (Å²) in [5, 5.41) is 9.58. The van der Waals surface area contributed by atoms with Gasteiger partial charge < -0.3 is 14.6 Å². The quantitative estimate of drug-likeness (QED) is 0.746. The van der Waals surface area contributed by atoms with Crippen molar-refractivity contribution in [3.63, 3.8) is 0 Å². The maximum absolute atomic E-state index is 11.9. The van der Waals surface area contributed by atoms with Crippen LogP contribution in [-0.4, -0.2) is 53.0 Å². The number of carbonyl (C=O) groups is 2. The summed E-state index contributed by atoms with van der Waals surface area (Å²) < 4.78 is 10.1. The third-order valence-corrected chi connectivity index (χ3v) is 2.47. The number of aliphatic hydroxyl groups excluding tert-OH is 1. The Morgan fingerprint density at radius 3 is 2.50 bits per heavy atom. The van der Waals surface area contributed by atoms with E-state index in [0.29, 0.717) is 0 Å². The first-order valence-corrected chi connectivity index (χ1v) is 6.09. The zero-order valence-corrected chi connectivity index (χ0v) is 11.3. The van der Waals surface area contributed by atoms with Crippen LogP contribution >= 0.6 is 0 Å². The van der Waals surface area contributed by atoms with Crippen molar-refractivity contribution in [1.82, 2.24) is 4.90 Å². The fourth-order valence-corrected chi connectivity index (χ4v) is 1.80. The Kier molecular flexibility index (Phi) is 4.56. The number of β-amino-alcohol motifs (C(OH)–C–C–N with tert-alkyl or cyclic N) is 1. The molecule has 1 aliphatic heterocycles. The van der Waals surface area contributed by atoms with E-state index in [-0.39, 0.29) is 19.6 Å². The Morgan fingerprint density at radius 2 is 2.00 bits per heavy atom. The van der Waals surface area contributed by atoms with E-state index in [1.807, 2.05) is 0 Å². The van der Waals surface area contributed by atoms with Gasteiger partial charge in [0.2, 0.25) is 0 Å². The Balaban J connectivity index is 2.72. The van der Waals surface area contributed by atoms with Gasteiger partial charge in [-0.25, -0.2) is 9.59 Å². The number of aliphatic hydroxyl groups is 1. The van der Waals surface area contributed by atoms with Crippen molar-refractivity contribution >= 4 is 12.1 Å². The van der Waals surface area contributed by atoms with E-state index < -0.39 is 29.8 Å². The molecule has 1 aliphatic rings. The zero-order valence-electron chi connectivity index (χ0n) is 11.3. The van der Waals surface area contributed by atoms with Crippen LogP contribution in [0.15, 0.2) is 0 Å². The van der Waals surface area contributed by atoms with Gasteiger partial charge in [0.25, 0.3) is 0 Å². The average Bonchev–Trinajstić information content (AvgIpc) is 2.58. The second kappa shape index (κ2) is 5.56. The lowest BCUT2D eigenvalue weighted by atomic mass is 10.2. The van der Waals surface area contributed by atoms with Crippen molar-refractivity contribution < 1.29 is 24.2 Å². The number of esters is 1. The van der Waals surface area contributed by atoms with Gasteiger partial charge in [-0.2, -0.15) is 0 Å². The largest absolute Gasteiger partial charge is 0.464 e. The van der Waals surface area contributed by atoms with Gasteiger partial charge in [0.1, 0.15) is 11.6 Å². The number of ether oxygens (including phenoxy) is 2. The second-order valence-corrected chi connectivity index (χ2v) is 5.29. The maximum atomic E-state index is 11.9. The lowest BCUT2D eigenvalue weighted by Crippen LogP contribution is -2.44. The van der Waals surface area contributed by atoms with Crippen LogP contribution in [0.3, 0.4) is 0 Å². The molecule has 0 saturated carbocycles. The minimum atomic E-state index is -0.755. The van der Waals surface area contributed by atoms with E-state index in [4.69, 9.17) is 9.47 Å². The SMILES string of the molecule is CCOC(=O)[C@@H]1CC(O)CN1C(=O)OC(C)(C)C. The molecule has 1 unspecified atom stereocenters. The lowest BCUT2D eigenvalue weighted by Gasteiger charge is -2.27. The van der Waals surface area contributed by atoms with Gasteiger partial charge in [-0.05, 0) is 27.7 Å². The number of rotatable bonds is 2. The van der Waals surface area contributed by atoms with E-state index in [9.17, 15) is 14.7 Å². The Morgan fingerprint density at radius 1 is 1.39 bits per heavy atom. The topological polar surface area (TPSA) is 76.1 Å². The van der Waals surface area contributed by atoms with Crippen LogP contribution in [-0.2, 0) is 14.3 Å². The van der Waals surface area contributed by atoms with Crippen LogP contribution < -0.4 is 0 Å². The Labute approximate surface area is 107 Å². The lowest BCUT2D eigenvalue weighted by molar-refractivity contribution is -0.148. The highest BCUT2D eigenvalue weighted by molar-refractivity contribution is 5.82. The molecule has 1 N–H and O–H groups in total. The molecule has 0 bridgehead atoms. The molecule has 1 saturated heterocycles. The first kappa shape index (κ1) is 14.8. The standard InChI is InChI=1S/C12H21NO5/c1-5-17-10(15)9-6-8(14)7-13(9)11(16)18-12(2,3)4/h8-9,14H,5-7H2,1-4H3/t8?,9-/m0/s1. The number of amides is 1. The van der Waals surface area contributed by atoms with E-state index in [1.54, 1.807) is 27.7 Å². The van der Waals surface area contributed by atoms with Crippen molar-refractivity contribution in [2.24, 2.45) is 0 Å². The molecule has 0 spiro atoms. The molecule has 0 radical (unpaired) electrons. The predicted octanol–water partition coefficient (Wildman–Crippen LogP) is 0.920. The molecule has 6 heteroatoms. The molecular weight excluding hydrogens is 238 g/mol. The van der Waals surface area contributed by atoms with Crippen LogP contribution in [0, 0.1) is 0 Å². The van der Waals surface area contributed by atoms with Gasteiger partial charge in [-0.15, -0.1) is 0 Å². The first-order chi connectivity index (χ1) is 8.24. The summed E-state index contributed by atoms with van der Waals surface area (Å²) in [5.74, 6) is -0.500. The van der Waals surface area contributed by atoms with E-state index in [2.05, 4.69) is 0 Å². The molecule has 0 aliphatic carbocycles. The summed E-state index contributed by atoms with van der Waals surface area (Å²) in [7, 11) is 0. The summed E-state index contributed by atoms with van der Waals surface area (Å²) in [6.07, 6.45) is -1.12. The third-order valence-electron chi connectivity index (χ3n) is 2.47. The van der Waals surface area contributed by atoms with Crippen LogP contribution in [0.2, 0.25) is 0 Å². The monoisotopic (exact) mass is 259 g/mol. The molecule has 1 rings (SSSR count). The van der Waals surface area contributed by atoms with Crippen molar-refractivity contribution in [3.8, 4) is 0 Å². The Hall–Kier alpha value is -1.30. The van der Waals surface area contributed by atoms with Gasteiger partial charge in [0, 0.05) is 6.42 Å². The van der Waals surface area contributed by atoms with Crippen LogP contribution in [0.5, 0.6) is 0 Å². The molecule has 1 amide bonds. The fourth-order valence-electron chi connectivity index (χ4n) is 1.80. The summed E-state index contributed by atoms with van der Waals surface area (Å²) in [4.78, 5) is 24.8. The molecule has 6 nitrogen and oxygen atoms in total. The summed E-state index contributed by atoms with van der Waals surface area (Å²) in [6.45, 7) is 7.28. The highest BCUT2D eigenvalue weighted by Crippen LogP contribution is 2.22. The molecule has 2 atom stereocenters. The Bertz CT molecular complexity index is 323. The van der Waals surface area contributed by atoms with Crippen molar-refractivity contribution in [2.45, 2.75) is 51.9 Å². The maximum Gasteiger partial charge on any atom is 0.411 e. The molecule has 104 valence electrons. The molecular formula is C12H21NO5. The number of hydrogen-bond acceptors (Lipinski definition) is 5. The van der Waals surface area contributed by atoms with E-state index >= 15 is 0 Å². The van der Waals surface area contributed by atoms with Gasteiger partial charge >= 0.3 is 12.1 Å². The summed E-state index contributed by atoms with van der Waals surface area (Å²) >= 11 is 0. The number of likely N-dealkylation sites (tertiary alicyclic amines) is 1. The van der Waals surface area contributed by atoms with Crippen LogP contribution in [0.1, 0.15) is 34.1 Å². The highest BCUT2D eigenvalue weighted by atomic mass is 16.6. The molecule has 0 aromatic rings. The van der Waals surface area contributed by atoms with Gasteiger partial charge in [0.05, 0.1) is 19.3 Å². The highest BCUT2D eigenvalue weighted by Gasteiger charge is 2.41. The number of carbonyl (C=O) groups excluding carboxylic acids is 2. The van der Waals surface area contributed by atoms with E-state index in [1.165, 1.54) is 4.90 Å². The molecule has 1 heterocycles. The minimum Gasteiger partial charge on any atom is -0.464 e. The second-order valence-electron chi connectivity index (χ2n) is 5.29. The van der Waals surface area contributed by atoms with E-state index in [0.717, 1.165) is 0 Å². The summed E-state index contributed by atoms with van der Waals surface area (Å²) in [6, 6.07) is -0.755. The van der Waals surface area contributed by atoms with Crippen molar-refractivity contribution in [2.75, 3.05) is 13.2 Å². The van der Waals surface area contributed by atoms with Gasteiger partial charge in [0.15, 0.2) is 0 Å². The average molecular weight is 259 g/mol. The van der Waals surface area contributed by atoms with Crippen LogP contribution in [0.25, 0.3) is 0 Å². The minimum absolute atomic E-state index is 0.0956. The fraction of sp³-hybridized carbons (Fsp3) is 0.833. The normalized spacial score (nSPS) is 23.9. The van der Waals surface area contributed by atoms with Crippen LogP contribution in [0.4, 0.5) is 4.79 Å². The molecule has 18 heavy (non-hydrogen) atoms. The van der Waals surface area contributed by atoms with Gasteiger partial charge in [-0.3, -0.25) is 4.90 Å². The first-order valence-electron chi connectivity index (χ1n) is 6.09. The van der Waals surface area contributed by atoms with Gasteiger partial charge in [-0.1, -0.05) is 0 Å². The van der Waals surface area contributed by atoms with Crippen molar-refractivity contribution in [1.29, 1.82) is 0 Å². The summed E-state index contributed by atoms with van der Waals surface area (Å²) in [5.41, 5.74) is -0.635. The molecule has 0 aromatic heterocycles. The molecule has 1 fully saturated rings. The van der Waals surface area contributed by atoms with Crippen molar-refractivity contribution in [3.05, 3.63) is 0 Å². The molecule has 0 aromatic carbocycles. The number of nitrogens with zero attached hydrogens (tertiary/aromatic N) is 1.